The van der Waals surface area contributed by atoms with Crippen LogP contribution >= 0.6 is 0 Å². The van der Waals surface area contributed by atoms with E-state index in [1.54, 1.807) is 28.8 Å². The molecule has 5 rings (SSSR count). The molecule has 35 heavy (non-hydrogen) atoms. The smallest absolute Gasteiger partial charge is 0.433 e. The summed E-state index contributed by atoms with van der Waals surface area (Å²) >= 11 is 0. The Balaban J connectivity index is 1.28. The van der Waals surface area contributed by atoms with Gasteiger partial charge < -0.3 is 19.1 Å². The highest BCUT2D eigenvalue weighted by Crippen LogP contribution is 2.34. The zero-order chi connectivity index (χ0) is 24.7. The van der Waals surface area contributed by atoms with Gasteiger partial charge in [0.05, 0.1) is 30.9 Å². The summed E-state index contributed by atoms with van der Waals surface area (Å²) in [7, 11) is 0. The molecule has 2 aliphatic rings. The molecule has 0 aliphatic carbocycles. The lowest BCUT2D eigenvalue weighted by molar-refractivity contribution is -0.141. The number of aromatic nitrogens is 3. The highest BCUT2D eigenvalue weighted by atomic mass is 19.4. The fraction of sp³-hybridized carbons (Fsp3) is 0.375. The summed E-state index contributed by atoms with van der Waals surface area (Å²) in [6.45, 7) is 5.84. The van der Waals surface area contributed by atoms with Crippen LogP contribution in [-0.4, -0.2) is 39.8 Å². The Labute approximate surface area is 198 Å². The molecular formula is C24H23F3N4O4. The minimum absolute atomic E-state index is 0.0329. The molecule has 0 saturated carbocycles. The first-order valence-corrected chi connectivity index (χ1v) is 11.1. The van der Waals surface area contributed by atoms with E-state index >= 15 is 0 Å². The topological polar surface area (TPSA) is 78.7 Å². The van der Waals surface area contributed by atoms with Crippen LogP contribution in [-0.2, 0) is 24.1 Å². The number of alkyl halides is 3. The molecule has 11 heteroatoms. The zero-order valence-electron chi connectivity index (χ0n) is 19.1. The predicted molar refractivity (Wildman–Crippen MR) is 120 cm³/mol. The van der Waals surface area contributed by atoms with E-state index in [1.807, 2.05) is 13.8 Å². The minimum Gasteiger partial charge on any atom is -0.472 e. The summed E-state index contributed by atoms with van der Waals surface area (Å²) in [5, 5.41) is 0. The third-order valence-electron chi connectivity index (χ3n) is 6.03. The first-order valence-electron chi connectivity index (χ1n) is 11.1. The van der Waals surface area contributed by atoms with E-state index in [9.17, 15) is 18.0 Å². The Hall–Kier alpha value is -3.60. The van der Waals surface area contributed by atoms with Crippen molar-refractivity contribution >= 4 is 5.82 Å². The number of fused-ring (bicyclic) bond motifs is 3. The summed E-state index contributed by atoms with van der Waals surface area (Å²) in [5.74, 6) is 1.49. The summed E-state index contributed by atoms with van der Waals surface area (Å²) in [4.78, 5) is 22.3. The average molecular weight is 488 g/mol. The van der Waals surface area contributed by atoms with Crippen molar-refractivity contribution in [3.8, 4) is 17.4 Å². The van der Waals surface area contributed by atoms with Gasteiger partial charge in [0.15, 0.2) is 0 Å². The average Bonchev–Trinajstić information content (AvgIpc) is 3.21. The predicted octanol–water partition coefficient (Wildman–Crippen LogP) is 3.94. The highest BCUT2D eigenvalue weighted by molar-refractivity contribution is 5.55. The number of anilines is 1. The maximum atomic E-state index is 12.8. The van der Waals surface area contributed by atoms with Gasteiger partial charge in [-0.05, 0) is 37.6 Å². The maximum absolute atomic E-state index is 12.8. The van der Waals surface area contributed by atoms with Crippen LogP contribution in [0.1, 0.15) is 23.7 Å². The molecule has 0 radical (unpaired) electrons. The molecule has 184 valence electrons. The summed E-state index contributed by atoms with van der Waals surface area (Å²) in [5.41, 5.74) is 0.190. The molecule has 1 aromatic carbocycles. The number of ether oxygens (including phenoxy) is 3. The van der Waals surface area contributed by atoms with Crippen LogP contribution in [0, 0.1) is 6.92 Å². The van der Waals surface area contributed by atoms with Crippen LogP contribution in [0.4, 0.5) is 19.0 Å². The standard InChI is InChI=1S/C24H23F3N4O4/c1-14-10-30-17(13-33-14)11-31-22(30)15(2)21(29-23(31)32)34-12-16-3-5-18(6-4-16)35-19-7-8-28-20(9-19)24(25,26)27/h3-9,14,17H,10-13H2,1-2H3/t14-,17?/m0/s1. The molecule has 0 N–H and O–H groups in total. The fourth-order valence-electron chi connectivity index (χ4n) is 4.33. The molecule has 3 aromatic rings. The molecular weight excluding hydrogens is 465 g/mol. The monoisotopic (exact) mass is 488 g/mol. The third kappa shape index (κ3) is 4.68. The molecule has 0 bridgehead atoms. The van der Waals surface area contributed by atoms with Gasteiger partial charge >= 0.3 is 11.9 Å². The molecule has 2 aliphatic heterocycles. The van der Waals surface area contributed by atoms with Gasteiger partial charge in [-0.15, -0.1) is 0 Å². The van der Waals surface area contributed by atoms with Crippen LogP contribution in [0.2, 0.25) is 0 Å². The van der Waals surface area contributed by atoms with Gasteiger partial charge in [0.1, 0.15) is 29.6 Å². The summed E-state index contributed by atoms with van der Waals surface area (Å²) < 4.78 is 57.3. The van der Waals surface area contributed by atoms with Gasteiger partial charge in [-0.2, -0.15) is 18.2 Å². The molecule has 2 aromatic heterocycles. The molecule has 1 saturated heterocycles. The lowest BCUT2D eigenvalue weighted by Crippen LogP contribution is -2.47. The number of pyridine rings is 1. The van der Waals surface area contributed by atoms with Crippen molar-refractivity contribution in [2.75, 3.05) is 18.1 Å². The Morgan fingerprint density at radius 2 is 1.91 bits per heavy atom. The van der Waals surface area contributed by atoms with Crippen LogP contribution in [0.5, 0.6) is 17.4 Å². The molecule has 2 atom stereocenters. The molecule has 1 fully saturated rings. The summed E-state index contributed by atoms with van der Waals surface area (Å²) in [6.07, 6.45) is -3.43. The van der Waals surface area contributed by atoms with Gasteiger partial charge in [0.2, 0.25) is 5.88 Å². The third-order valence-corrected chi connectivity index (χ3v) is 6.03. The van der Waals surface area contributed by atoms with Crippen molar-refractivity contribution in [3.63, 3.8) is 0 Å². The Kier molecular flexibility index (Phi) is 5.87. The van der Waals surface area contributed by atoms with E-state index in [1.165, 1.54) is 6.07 Å². The Morgan fingerprint density at radius 1 is 1.14 bits per heavy atom. The number of benzene rings is 1. The first kappa shape index (κ1) is 23.2. The van der Waals surface area contributed by atoms with Gasteiger partial charge in [-0.3, -0.25) is 9.55 Å². The van der Waals surface area contributed by atoms with E-state index in [2.05, 4.69) is 14.9 Å². The van der Waals surface area contributed by atoms with Crippen LogP contribution < -0.4 is 20.1 Å². The minimum atomic E-state index is -4.55. The second-order valence-electron chi connectivity index (χ2n) is 8.62. The molecule has 0 spiro atoms. The van der Waals surface area contributed by atoms with E-state index in [0.717, 1.165) is 29.2 Å². The van der Waals surface area contributed by atoms with Crippen molar-refractivity contribution in [1.29, 1.82) is 0 Å². The first-order chi connectivity index (χ1) is 16.7. The zero-order valence-corrected chi connectivity index (χ0v) is 19.1. The van der Waals surface area contributed by atoms with Crippen LogP contribution in [0.15, 0.2) is 47.4 Å². The van der Waals surface area contributed by atoms with Gasteiger partial charge in [0, 0.05) is 18.8 Å². The second kappa shape index (κ2) is 8.88. The molecule has 1 unspecified atom stereocenters. The number of hydrogen-bond acceptors (Lipinski definition) is 7. The lowest BCUT2D eigenvalue weighted by atomic mass is 10.2. The Morgan fingerprint density at radius 3 is 2.66 bits per heavy atom. The van der Waals surface area contributed by atoms with Crippen molar-refractivity contribution in [1.82, 2.24) is 14.5 Å². The van der Waals surface area contributed by atoms with Gasteiger partial charge in [0.25, 0.3) is 0 Å². The Bertz CT molecular complexity index is 1290. The molecule has 0 amide bonds. The van der Waals surface area contributed by atoms with E-state index in [0.29, 0.717) is 25.4 Å². The maximum Gasteiger partial charge on any atom is 0.433 e. The van der Waals surface area contributed by atoms with E-state index < -0.39 is 11.9 Å². The van der Waals surface area contributed by atoms with E-state index in [4.69, 9.17) is 14.2 Å². The highest BCUT2D eigenvalue weighted by Gasteiger charge is 2.37. The van der Waals surface area contributed by atoms with Crippen molar-refractivity contribution in [2.45, 2.75) is 45.3 Å². The van der Waals surface area contributed by atoms with Gasteiger partial charge in [-0.25, -0.2) is 4.79 Å². The second-order valence-corrected chi connectivity index (χ2v) is 8.62. The number of halogens is 3. The van der Waals surface area contributed by atoms with E-state index in [-0.39, 0.29) is 36.1 Å². The lowest BCUT2D eigenvalue weighted by Gasteiger charge is -2.35. The van der Waals surface area contributed by atoms with Crippen molar-refractivity contribution in [2.24, 2.45) is 0 Å². The number of hydrogen-bond donors (Lipinski definition) is 0. The quantitative estimate of drug-likeness (QED) is 0.538. The van der Waals surface area contributed by atoms with Crippen LogP contribution in [0.25, 0.3) is 0 Å². The summed E-state index contributed by atoms with van der Waals surface area (Å²) in [6, 6.07) is 9.03. The molecule has 4 heterocycles. The largest absolute Gasteiger partial charge is 0.472 e. The van der Waals surface area contributed by atoms with Crippen LogP contribution in [0.3, 0.4) is 0 Å². The number of rotatable bonds is 5. The fourth-order valence-corrected chi connectivity index (χ4v) is 4.33. The number of morpholine rings is 1. The van der Waals surface area contributed by atoms with Crippen molar-refractivity contribution < 1.29 is 27.4 Å². The normalized spacial score (nSPS) is 19.3. The molecule has 8 nitrogen and oxygen atoms in total. The number of nitrogens with zero attached hydrogens (tertiary/aromatic N) is 4. The van der Waals surface area contributed by atoms with Crippen molar-refractivity contribution in [3.05, 3.63) is 69.9 Å². The van der Waals surface area contributed by atoms with Gasteiger partial charge in [-0.1, -0.05) is 12.1 Å². The SMILES string of the molecule is Cc1c(OCc2ccc(Oc3ccnc(C(F)(F)F)c3)cc2)nc(=O)n2c1N1C[C@H](C)OCC1C2.